The summed E-state index contributed by atoms with van der Waals surface area (Å²) in [5.41, 5.74) is 0.812. The van der Waals surface area contributed by atoms with Gasteiger partial charge < -0.3 is 9.47 Å². The monoisotopic (exact) mass is 515 g/mol. The number of hydrogen-bond donors (Lipinski definition) is 0. The summed E-state index contributed by atoms with van der Waals surface area (Å²) in [7, 11) is 0. The van der Waals surface area contributed by atoms with Gasteiger partial charge in [0, 0.05) is 16.7 Å². The lowest BCUT2D eigenvalue weighted by Gasteiger charge is -2.18. The average molecular weight is 516 g/mol. The molecule has 1 atom stereocenters. The molecule has 9 heteroatoms. The van der Waals surface area contributed by atoms with Gasteiger partial charge in [0.25, 0.3) is 5.91 Å². The van der Waals surface area contributed by atoms with E-state index in [2.05, 4.69) is 0 Å². The Morgan fingerprint density at radius 1 is 1.24 bits per heavy atom. The summed E-state index contributed by atoms with van der Waals surface area (Å²) in [5, 5.41) is 1.24. The first-order valence-corrected chi connectivity index (χ1v) is 12.8. The molecule has 33 heavy (non-hydrogen) atoms. The van der Waals surface area contributed by atoms with E-state index in [1.807, 2.05) is 24.3 Å². The summed E-state index contributed by atoms with van der Waals surface area (Å²) < 4.78 is 12.6. The van der Waals surface area contributed by atoms with Crippen LogP contribution in [0.25, 0.3) is 16.2 Å². The largest absolute Gasteiger partial charge is 0.422 e. The topological polar surface area (TPSA) is 55.8 Å². The van der Waals surface area contributed by atoms with E-state index < -0.39 is 5.97 Å². The van der Waals surface area contributed by atoms with Gasteiger partial charge in [-0.1, -0.05) is 65.9 Å². The quantitative estimate of drug-likeness (QED) is 0.176. The standard InChI is InChI=1S/C24H18ClNO4S3/c25-20-17-5-1-2-6-18(17)32-21(20)23(28)30-15-9-7-14(8-10-15)12-19-22(27)26(24(31)33-19)13-16-4-3-11-29-16/h1-2,5-10,12,16H,3-4,11,13H2/b19-12-/t16-/m0/s1. The van der Waals surface area contributed by atoms with Crippen LogP contribution in [0.4, 0.5) is 0 Å². The molecule has 0 aliphatic carbocycles. The number of nitrogens with zero attached hydrogens (tertiary/aromatic N) is 1. The van der Waals surface area contributed by atoms with Crippen LogP contribution >= 0.6 is 46.9 Å². The second-order valence-corrected chi connectivity index (χ2v) is 10.7. The number of ether oxygens (including phenoxy) is 2. The maximum absolute atomic E-state index is 12.8. The first kappa shape index (κ1) is 22.6. The van der Waals surface area contributed by atoms with E-state index in [0.29, 0.717) is 31.4 Å². The molecule has 2 aromatic carbocycles. The van der Waals surface area contributed by atoms with Crippen molar-refractivity contribution in [2.45, 2.75) is 18.9 Å². The minimum absolute atomic E-state index is 0.0512. The van der Waals surface area contributed by atoms with Crippen LogP contribution < -0.4 is 4.74 Å². The molecular weight excluding hydrogens is 498 g/mol. The molecule has 1 amide bonds. The summed E-state index contributed by atoms with van der Waals surface area (Å²) >= 11 is 14.4. The van der Waals surface area contributed by atoms with E-state index in [9.17, 15) is 9.59 Å². The van der Waals surface area contributed by atoms with E-state index in [1.54, 1.807) is 35.2 Å². The number of hydrogen-bond acceptors (Lipinski definition) is 7. The number of thiocarbonyl (C=S) groups is 1. The van der Waals surface area contributed by atoms with Crippen LogP contribution in [0.5, 0.6) is 5.75 Å². The number of thiophene rings is 1. The number of rotatable bonds is 5. The molecule has 3 aromatic rings. The number of carbonyl (C=O) groups excluding carboxylic acids is 2. The first-order valence-electron chi connectivity index (χ1n) is 10.4. The maximum Gasteiger partial charge on any atom is 0.355 e. The summed E-state index contributed by atoms with van der Waals surface area (Å²) in [6.45, 7) is 1.23. The van der Waals surface area contributed by atoms with Crippen molar-refractivity contribution >= 4 is 79.3 Å². The highest BCUT2D eigenvalue weighted by molar-refractivity contribution is 8.26. The summed E-state index contributed by atoms with van der Waals surface area (Å²) in [6.07, 6.45) is 3.81. The Labute approximate surface area is 209 Å². The SMILES string of the molecule is O=C(Oc1ccc(/C=C2\SC(=S)N(C[C@@H]3CCCO3)C2=O)cc1)c1sc2ccccc2c1Cl. The zero-order valence-electron chi connectivity index (χ0n) is 17.3. The van der Waals surface area contributed by atoms with Crippen LogP contribution in [-0.4, -0.2) is 40.4 Å². The molecule has 168 valence electrons. The molecule has 0 unspecified atom stereocenters. The molecular formula is C24H18ClNO4S3. The van der Waals surface area contributed by atoms with E-state index in [1.165, 1.54) is 23.1 Å². The Kier molecular flexibility index (Phi) is 6.53. The van der Waals surface area contributed by atoms with Crippen molar-refractivity contribution in [1.29, 1.82) is 0 Å². The van der Waals surface area contributed by atoms with E-state index in [-0.39, 0.29) is 12.0 Å². The van der Waals surface area contributed by atoms with Crippen molar-refractivity contribution in [3.63, 3.8) is 0 Å². The maximum atomic E-state index is 12.8. The van der Waals surface area contributed by atoms with Crippen molar-refractivity contribution in [3.8, 4) is 5.75 Å². The molecule has 0 radical (unpaired) electrons. The Bertz CT molecular complexity index is 1280. The highest BCUT2D eigenvalue weighted by atomic mass is 35.5. The Hall–Kier alpha value is -2.23. The Morgan fingerprint density at radius 3 is 2.76 bits per heavy atom. The second-order valence-electron chi connectivity index (χ2n) is 7.63. The van der Waals surface area contributed by atoms with Gasteiger partial charge in [-0.15, -0.1) is 11.3 Å². The number of thioether (sulfide) groups is 1. The molecule has 5 nitrogen and oxygen atoms in total. The van der Waals surface area contributed by atoms with Crippen molar-refractivity contribution in [1.82, 2.24) is 4.90 Å². The van der Waals surface area contributed by atoms with Crippen LogP contribution in [0, 0.1) is 0 Å². The van der Waals surface area contributed by atoms with Gasteiger partial charge in [0.15, 0.2) is 0 Å². The third-order valence-corrected chi connectivity index (χ3v) is 8.43. The van der Waals surface area contributed by atoms with Crippen LogP contribution in [0.15, 0.2) is 53.4 Å². The molecule has 0 N–H and O–H groups in total. The highest BCUT2D eigenvalue weighted by Gasteiger charge is 2.34. The van der Waals surface area contributed by atoms with Crippen molar-refractivity contribution in [2.75, 3.05) is 13.2 Å². The van der Waals surface area contributed by atoms with E-state index in [0.717, 1.165) is 35.1 Å². The van der Waals surface area contributed by atoms with Crippen molar-refractivity contribution < 1.29 is 19.1 Å². The van der Waals surface area contributed by atoms with Crippen LogP contribution in [0.2, 0.25) is 5.02 Å². The zero-order chi connectivity index (χ0) is 22.9. The molecule has 5 rings (SSSR count). The summed E-state index contributed by atoms with van der Waals surface area (Å²) in [4.78, 5) is 28.0. The fourth-order valence-electron chi connectivity index (χ4n) is 3.73. The second kappa shape index (κ2) is 9.56. The fourth-order valence-corrected chi connectivity index (χ4v) is 6.39. The van der Waals surface area contributed by atoms with Crippen LogP contribution in [0.1, 0.15) is 28.1 Å². The first-order chi connectivity index (χ1) is 16.0. The molecule has 2 aliphatic rings. The smallest absolute Gasteiger partial charge is 0.355 e. The Morgan fingerprint density at radius 2 is 2.03 bits per heavy atom. The van der Waals surface area contributed by atoms with Gasteiger partial charge in [-0.3, -0.25) is 9.69 Å². The van der Waals surface area contributed by atoms with Gasteiger partial charge in [-0.05, 0) is 42.7 Å². The molecule has 2 saturated heterocycles. The predicted octanol–water partition coefficient (Wildman–Crippen LogP) is 6.15. The molecule has 0 spiro atoms. The summed E-state index contributed by atoms with van der Waals surface area (Å²) in [6, 6.07) is 14.5. The lowest BCUT2D eigenvalue weighted by atomic mass is 10.2. The number of carbonyl (C=O) groups is 2. The van der Waals surface area contributed by atoms with Gasteiger partial charge in [-0.2, -0.15) is 0 Å². The van der Waals surface area contributed by atoms with Gasteiger partial charge >= 0.3 is 5.97 Å². The predicted molar refractivity (Wildman–Crippen MR) is 137 cm³/mol. The number of amides is 1. The van der Waals surface area contributed by atoms with E-state index in [4.69, 9.17) is 33.3 Å². The lowest BCUT2D eigenvalue weighted by Crippen LogP contribution is -2.35. The minimum Gasteiger partial charge on any atom is -0.422 e. The van der Waals surface area contributed by atoms with Crippen LogP contribution in [-0.2, 0) is 9.53 Å². The molecule has 1 aromatic heterocycles. The molecule has 2 fully saturated rings. The normalized spacial score (nSPS) is 19.7. The van der Waals surface area contributed by atoms with Gasteiger partial charge in [0.1, 0.15) is 14.9 Å². The van der Waals surface area contributed by atoms with Crippen molar-refractivity contribution in [3.05, 3.63) is 68.9 Å². The van der Waals surface area contributed by atoms with Gasteiger partial charge in [0.05, 0.1) is 22.6 Å². The number of benzene rings is 2. The average Bonchev–Trinajstić information content (AvgIpc) is 3.51. The summed E-state index contributed by atoms with van der Waals surface area (Å²) in [5.74, 6) is -0.198. The number of esters is 1. The Balaban J connectivity index is 1.27. The minimum atomic E-state index is -0.496. The van der Waals surface area contributed by atoms with Gasteiger partial charge in [0.2, 0.25) is 0 Å². The molecule has 3 heterocycles. The van der Waals surface area contributed by atoms with Gasteiger partial charge in [-0.25, -0.2) is 4.79 Å². The highest BCUT2D eigenvalue weighted by Crippen LogP contribution is 2.36. The zero-order valence-corrected chi connectivity index (χ0v) is 20.5. The molecule has 0 saturated carbocycles. The lowest BCUT2D eigenvalue weighted by molar-refractivity contribution is -0.123. The van der Waals surface area contributed by atoms with E-state index >= 15 is 0 Å². The van der Waals surface area contributed by atoms with Crippen molar-refractivity contribution in [2.24, 2.45) is 0 Å². The number of fused-ring (bicyclic) bond motifs is 1. The number of halogens is 1. The fraction of sp³-hybridized carbons (Fsp3) is 0.208. The third-order valence-electron chi connectivity index (χ3n) is 5.39. The van der Waals surface area contributed by atoms with Crippen LogP contribution in [0.3, 0.4) is 0 Å². The molecule has 2 aliphatic heterocycles. The molecule has 0 bridgehead atoms. The third kappa shape index (κ3) is 4.72.